The van der Waals surface area contributed by atoms with Gasteiger partial charge in [0.2, 0.25) is 0 Å². The fourth-order valence-corrected chi connectivity index (χ4v) is 5.22. The van der Waals surface area contributed by atoms with Crippen LogP contribution in [0.15, 0.2) is 61.1 Å². The number of rotatable bonds is 5. The second-order valence-electron chi connectivity index (χ2n) is 8.76. The van der Waals surface area contributed by atoms with E-state index in [1.54, 1.807) is 0 Å². The second-order valence-corrected chi connectivity index (χ2v) is 8.76. The van der Waals surface area contributed by atoms with Crippen LogP contribution in [0.25, 0.3) is 11.4 Å². The normalized spacial score (nSPS) is 21.3. The van der Waals surface area contributed by atoms with Crippen LogP contribution in [0.2, 0.25) is 0 Å². The van der Waals surface area contributed by atoms with Gasteiger partial charge in [0.25, 0.3) is 0 Å². The van der Waals surface area contributed by atoms with Gasteiger partial charge in [0.15, 0.2) is 0 Å². The Labute approximate surface area is 179 Å². The number of hydrogen-bond donors (Lipinski definition) is 0. The lowest BCUT2D eigenvalue weighted by Gasteiger charge is -2.37. The summed E-state index contributed by atoms with van der Waals surface area (Å²) in [5, 5.41) is 0. The summed E-state index contributed by atoms with van der Waals surface area (Å²) in [6, 6.07) is 16.2. The van der Waals surface area contributed by atoms with E-state index in [4.69, 9.17) is 4.98 Å². The largest absolute Gasteiger partial charge is 0.324 e. The highest BCUT2D eigenvalue weighted by molar-refractivity contribution is 5.55. The Hall–Kier alpha value is -2.50. The summed E-state index contributed by atoms with van der Waals surface area (Å²) in [7, 11) is 0. The number of aromatic nitrogens is 3. The minimum atomic E-state index is 0.512. The van der Waals surface area contributed by atoms with E-state index in [0.717, 1.165) is 30.5 Å². The van der Waals surface area contributed by atoms with Crippen molar-refractivity contribution >= 4 is 0 Å². The van der Waals surface area contributed by atoms with Gasteiger partial charge in [0, 0.05) is 61.6 Å². The maximum atomic E-state index is 4.73. The molecule has 0 spiro atoms. The summed E-state index contributed by atoms with van der Waals surface area (Å²) >= 11 is 0. The smallest absolute Gasteiger partial charge is 0.140 e. The fraction of sp³-hybridized carbons (Fsp3) is 0.440. The third kappa shape index (κ3) is 4.05. The lowest BCUT2D eigenvalue weighted by atomic mass is 10.0. The third-order valence-electron chi connectivity index (χ3n) is 6.80. The molecule has 3 aromatic rings. The van der Waals surface area contributed by atoms with Crippen molar-refractivity contribution < 1.29 is 0 Å². The highest BCUT2D eigenvalue weighted by Crippen LogP contribution is 2.32. The topological polar surface area (TPSA) is 37.2 Å². The number of piperidine rings is 1. The number of hydrogen-bond acceptors (Lipinski definition) is 4. The van der Waals surface area contributed by atoms with Crippen LogP contribution in [0, 0.1) is 6.92 Å². The van der Waals surface area contributed by atoms with Gasteiger partial charge in [-0.2, -0.15) is 0 Å². The Morgan fingerprint density at radius 1 is 0.900 bits per heavy atom. The first-order valence-electron chi connectivity index (χ1n) is 11.2. The molecule has 0 saturated carbocycles. The minimum absolute atomic E-state index is 0.512. The number of nitrogens with zero attached hydrogens (tertiary/aromatic N) is 5. The molecule has 0 aliphatic carbocycles. The number of aryl methyl sites for hydroxylation is 1. The van der Waals surface area contributed by atoms with E-state index >= 15 is 0 Å². The summed E-state index contributed by atoms with van der Waals surface area (Å²) < 4.78 is 2.46. The van der Waals surface area contributed by atoms with Gasteiger partial charge in [-0.3, -0.25) is 14.8 Å². The molecule has 156 valence electrons. The van der Waals surface area contributed by atoms with E-state index in [9.17, 15) is 0 Å². The molecule has 0 bridgehead atoms. The van der Waals surface area contributed by atoms with Crippen molar-refractivity contribution in [2.75, 3.05) is 26.2 Å². The molecule has 30 heavy (non-hydrogen) atoms. The van der Waals surface area contributed by atoms with Crippen molar-refractivity contribution in [2.24, 2.45) is 0 Å². The monoisotopic (exact) mass is 401 g/mol. The molecule has 4 heterocycles. The van der Waals surface area contributed by atoms with Crippen LogP contribution in [0.3, 0.4) is 0 Å². The maximum absolute atomic E-state index is 4.73. The van der Waals surface area contributed by atoms with Gasteiger partial charge in [-0.05, 0) is 57.0 Å². The van der Waals surface area contributed by atoms with Gasteiger partial charge in [0.1, 0.15) is 5.82 Å². The summed E-state index contributed by atoms with van der Waals surface area (Å²) in [4.78, 5) is 14.2. The first kappa shape index (κ1) is 19.5. The average molecular weight is 402 g/mol. The first-order valence-corrected chi connectivity index (χ1v) is 11.2. The summed E-state index contributed by atoms with van der Waals surface area (Å²) in [6.45, 7) is 8.00. The van der Waals surface area contributed by atoms with Gasteiger partial charge in [-0.1, -0.05) is 30.3 Å². The molecule has 1 aromatic carbocycles. The number of benzene rings is 1. The van der Waals surface area contributed by atoms with Crippen molar-refractivity contribution in [2.45, 2.75) is 44.8 Å². The molecular weight excluding hydrogens is 370 g/mol. The van der Waals surface area contributed by atoms with Gasteiger partial charge < -0.3 is 4.57 Å². The minimum Gasteiger partial charge on any atom is -0.324 e. The van der Waals surface area contributed by atoms with E-state index in [-0.39, 0.29) is 0 Å². The standard InChI is InChI=1S/C25H31N5/c1-20-17-27-25(22-7-12-26-13-8-22)30(20)24-11-16-29(19-24)23-9-14-28(15-10-23)18-21-5-3-2-4-6-21/h2-8,12-13,17,23-24H,9-11,14-16,18-19H2,1H3/t24-/m0/s1. The Kier molecular flexibility index (Phi) is 5.65. The zero-order valence-corrected chi connectivity index (χ0v) is 17.8. The van der Waals surface area contributed by atoms with Crippen molar-refractivity contribution in [3.8, 4) is 11.4 Å². The number of imidazole rings is 1. The fourth-order valence-electron chi connectivity index (χ4n) is 5.22. The molecule has 0 N–H and O–H groups in total. The predicted molar refractivity (Wildman–Crippen MR) is 120 cm³/mol. The van der Waals surface area contributed by atoms with Crippen LogP contribution in [0.4, 0.5) is 0 Å². The molecule has 1 atom stereocenters. The van der Waals surface area contributed by atoms with E-state index in [1.807, 2.05) is 18.6 Å². The van der Waals surface area contributed by atoms with Gasteiger partial charge in [-0.25, -0.2) is 4.98 Å². The van der Waals surface area contributed by atoms with Crippen LogP contribution >= 0.6 is 0 Å². The highest BCUT2D eigenvalue weighted by Gasteiger charge is 2.32. The number of pyridine rings is 1. The van der Waals surface area contributed by atoms with Crippen molar-refractivity contribution in [1.29, 1.82) is 0 Å². The lowest BCUT2D eigenvalue weighted by molar-refractivity contribution is 0.120. The van der Waals surface area contributed by atoms with Gasteiger partial charge in [0.05, 0.1) is 0 Å². The highest BCUT2D eigenvalue weighted by atomic mass is 15.3. The van der Waals surface area contributed by atoms with Crippen molar-refractivity contribution in [3.05, 3.63) is 72.3 Å². The van der Waals surface area contributed by atoms with Crippen LogP contribution in [0.1, 0.15) is 36.6 Å². The van der Waals surface area contributed by atoms with Crippen molar-refractivity contribution in [3.63, 3.8) is 0 Å². The van der Waals surface area contributed by atoms with Crippen LogP contribution in [-0.4, -0.2) is 56.6 Å². The molecular formula is C25H31N5. The number of likely N-dealkylation sites (tertiary alicyclic amines) is 2. The molecule has 5 nitrogen and oxygen atoms in total. The Morgan fingerprint density at radius 3 is 2.40 bits per heavy atom. The van der Waals surface area contributed by atoms with Gasteiger partial charge in [-0.15, -0.1) is 0 Å². The Balaban J connectivity index is 1.21. The van der Waals surface area contributed by atoms with Crippen LogP contribution in [0.5, 0.6) is 0 Å². The van der Waals surface area contributed by atoms with Crippen LogP contribution < -0.4 is 0 Å². The van der Waals surface area contributed by atoms with E-state index in [0.29, 0.717) is 6.04 Å². The van der Waals surface area contributed by atoms with E-state index < -0.39 is 0 Å². The van der Waals surface area contributed by atoms with E-state index in [2.05, 4.69) is 68.7 Å². The molecule has 2 fully saturated rings. The quantitative estimate of drug-likeness (QED) is 0.643. The Morgan fingerprint density at radius 2 is 1.63 bits per heavy atom. The maximum Gasteiger partial charge on any atom is 0.140 e. The zero-order valence-electron chi connectivity index (χ0n) is 17.8. The second kappa shape index (κ2) is 8.70. The molecule has 0 unspecified atom stereocenters. The third-order valence-corrected chi connectivity index (χ3v) is 6.80. The molecule has 5 rings (SSSR count). The van der Waals surface area contributed by atoms with Crippen molar-refractivity contribution in [1.82, 2.24) is 24.3 Å². The van der Waals surface area contributed by atoms with E-state index in [1.165, 1.54) is 50.2 Å². The molecule has 0 amide bonds. The lowest BCUT2D eigenvalue weighted by Crippen LogP contribution is -2.43. The van der Waals surface area contributed by atoms with Crippen LogP contribution in [-0.2, 0) is 6.54 Å². The summed E-state index contributed by atoms with van der Waals surface area (Å²) in [6.07, 6.45) is 9.49. The van der Waals surface area contributed by atoms with Gasteiger partial charge >= 0.3 is 0 Å². The average Bonchev–Trinajstić information content (AvgIpc) is 3.42. The summed E-state index contributed by atoms with van der Waals surface area (Å²) in [5.41, 5.74) is 3.84. The predicted octanol–water partition coefficient (Wildman–Crippen LogP) is 4.16. The molecule has 2 aliphatic heterocycles. The SMILES string of the molecule is Cc1cnc(-c2ccncc2)n1[C@H]1CCN(C2CCN(Cc3ccccc3)CC2)C1. The summed E-state index contributed by atoms with van der Waals surface area (Å²) in [5.74, 6) is 1.08. The Bertz CT molecular complexity index is 944. The molecule has 5 heteroatoms. The molecule has 2 saturated heterocycles. The molecule has 0 radical (unpaired) electrons. The zero-order chi connectivity index (χ0) is 20.3. The molecule has 2 aliphatic rings. The first-order chi connectivity index (χ1) is 14.8. The molecule has 2 aromatic heterocycles.